The molecule has 0 aliphatic carbocycles. The van der Waals surface area contributed by atoms with Crippen LogP contribution in [0.15, 0.2) is 107 Å². The Labute approximate surface area is 200 Å². The number of nitro groups is 2. The largest absolute Gasteiger partial charge is 0.586 e. The van der Waals surface area contributed by atoms with Crippen molar-refractivity contribution in [3.8, 4) is 22.3 Å². The lowest BCUT2D eigenvalue weighted by molar-refractivity contribution is -0.385. The minimum Gasteiger partial charge on any atom is -0.258 e. The van der Waals surface area contributed by atoms with E-state index < -0.39 is 26.2 Å². The SMILES string of the molecule is O=[N+]([O-])c1ccc(-c2ccc([S+](c3ccc(-c4ccc([N+](=O)[O-])cc4)cc3)C(F)(F)F)cc2)cc1. The van der Waals surface area contributed by atoms with Crippen LogP contribution in [0.2, 0.25) is 0 Å². The molecule has 0 atom stereocenters. The number of hydrogen-bond acceptors (Lipinski definition) is 4. The molecule has 4 rings (SSSR count). The van der Waals surface area contributed by atoms with Crippen LogP contribution in [0.1, 0.15) is 0 Å². The summed E-state index contributed by atoms with van der Waals surface area (Å²) in [5.41, 5.74) is -2.06. The zero-order valence-electron chi connectivity index (χ0n) is 17.8. The Balaban J connectivity index is 1.61. The second-order valence-electron chi connectivity index (χ2n) is 7.41. The van der Waals surface area contributed by atoms with E-state index in [0.717, 1.165) is 0 Å². The Bertz CT molecular complexity index is 1260. The summed E-state index contributed by atoms with van der Waals surface area (Å²) in [4.78, 5) is 20.8. The van der Waals surface area contributed by atoms with E-state index in [9.17, 15) is 33.4 Å². The molecule has 176 valence electrons. The first-order valence-corrected chi connectivity index (χ1v) is 11.4. The van der Waals surface area contributed by atoms with Crippen molar-refractivity contribution in [3.63, 3.8) is 0 Å². The third-order valence-corrected chi connectivity index (χ3v) is 7.18. The van der Waals surface area contributed by atoms with Crippen LogP contribution in [-0.2, 0) is 10.9 Å². The van der Waals surface area contributed by atoms with E-state index in [-0.39, 0.29) is 21.2 Å². The predicted molar refractivity (Wildman–Crippen MR) is 127 cm³/mol. The van der Waals surface area contributed by atoms with Gasteiger partial charge in [-0.05, 0) is 95.1 Å². The highest BCUT2D eigenvalue weighted by molar-refractivity contribution is 7.97. The van der Waals surface area contributed by atoms with Gasteiger partial charge in [-0.1, -0.05) is 0 Å². The predicted octanol–water partition coefficient (Wildman–Crippen LogP) is 7.39. The van der Waals surface area contributed by atoms with Gasteiger partial charge >= 0.3 is 5.51 Å². The highest BCUT2D eigenvalue weighted by atomic mass is 32.2. The maximum Gasteiger partial charge on any atom is 0.586 e. The zero-order valence-corrected chi connectivity index (χ0v) is 18.6. The molecule has 6 nitrogen and oxygen atoms in total. The van der Waals surface area contributed by atoms with Crippen molar-refractivity contribution in [2.75, 3.05) is 0 Å². The van der Waals surface area contributed by atoms with Gasteiger partial charge in [-0.2, -0.15) is 0 Å². The fourth-order valence-corrected chi connectivity index (χ4v) is 5.14. The lowest BCUT2D eigenvalue weighted by atomic mass is 10.1. The summed E-state index contributed by atoms with van der Waals surface area (Å²) < 4.78 is 42.2. The molecule has 0 radical (unpaired) electrons. The fourth-order valence-electron chi connectivity index (χ4n) is 3.52. The number of hydrogen-bond donors (Lipinski definition) is 0. The van der Waals surface area contributed by atoms with Gasteiger partial charge in [-0.15, -0.1) is 13.2 Å². The first-order valence-electron chi connectivity index (χ1n) is 10.1. The Morgan fingerprint density at radius 1 is 0.514 bits per heavy atom. The average Bonchev–Trinajstić information content (AvgIpc) is 2.84. The van der Waals surface area contributed by atoms with E-state index in [0.29, 0.717) is 22.3 Å². The summed E-state index contributed by atoms with van der Waals surface area (Å²) in [5.74, 6) is 0. The highest BCUT2D eigenvalue weighted by Gasteiger charge is 2.54. The normalized spacial score (nSPS) is 11.4. The summed E-state index contributed by atoms with van der Waals surface area (Å²) in [7, 11) is -2.20. The van der Waals surface area contributed by atoms with E-state index >= 15 is 0 Å². The zero-order chi connectivity index (χ0) is 25.2. The smallest absolute Gasteiger partial charge is 0.258 e. The first-order chi connectivity index (χ1) is 16.6. The molecule has 0 saturated carbocycles. The van der Waals surface area contributed by atoms with Gasteiger partial charge in [0.25, 0.3) is 11.4 Å². The Hall–Kier alpha value is -4.18. The summed E-state index contributed by atoms with van der Waals surface area (Å²) in [5, 5.41) is 21.6. The van der Waals surface area contributed by atoms with Crippen LogP contribution < -0.4 is 0 Å². The van der Waals surface area contributed by atoms with Gasteiger partial charge < -0.3 is 0 Å². The molecule has 0 unspecified atom stereocenters. The molecule has 4 aromatic rings. The molecule has 0 aliphatic heterocycles. The van der Waals surface area contributed by atoms with E-state index in [4.69, 9.17) is 0 Å². The van der Waals surface area contributed by atoms with E-state index in [1.807, 2.05) is 0 Å². The molecule has 0 aromatic heterocycles. The molecule has 0 aliphatic rings. The van der Waals surface area contributed by atoms with Gasteiger partial charge in [0.1, 0.15) is 0 Å². The topological polar surface area (TPSA) is 86.3 Å². The standard InChI is InChI=1S/C25H16F3N2O4S/c26-25(27,28)35(23-13-5-19(6-14-23)17-1-9-21(10-2-17)29(31)32)24-15-7-20(8-16-24)18-3-11-22(12-4-18)30(33)34/h1-16H/q+1. The molecule has 0 N–H and O–H groups in total. The molecule has 0 heterocycles. The third kappa shape index (κ3) is 5.33. The van der Waals surface area contributed by atoms with Crippen LogP contribution in [0, 0.1) is 20.2 Å². The number of non-ortho nitro benzene ring substituents is 2. The van der Waals surface area contributed by atoms with Crippen molar-refractivity contribution in [2.45, 2.75) is 15.3 Å². The summed E-state index contributed by atoms with van der Waals surface area (Å²) >= 11 is 0. The van der Waals surface area contributed by atoms with Crippen LogP contribution >= 0.6 is 0 Å². The van der Waals surface area contributed by atoms with Crippen LogP contribution in [0.5, 0.6) is 0 Å². The van der Waals surface area contributed by atoms with Crippen LogP contribution in [0.4, 0.5) is 24.5 Å². The third-order valence-electron chi connectivity index (χ3n) is 5.23. The van der Waals surface area contributed by atoms with Gasteiger partial charge in [-0.25, -0.2) is 0 Å². The summed E-state index contributed by atoms with van der Waals surface area (Å²) in [6, 6.07) is 23.5. The molecule has 0 spiro atoms. The maximum atomic E-state index is 14.1. The van der Waals surface area contributed by atoms with E-state index in [1.165, 1.54) is 48.5 Å². The number of halogens is 3. The molecular weight excluding hydrogens is 481 g/mol. The quantitative estimate of drug-likeness (QED) is 0.158. The molecule has 4 aromatic carbocycles. The number of nitro benzene ring substituents is 2. The molecule has 0 fully saturated rings. The second kappa shape index (κ2) is 9.59. The molecule has 0 amide bonds. The molecule has 10 heteroatoms. The van der Waals surface area contributed by atoms with Gasteiger partial charge in [-0.3, -0.25) is 20.2 Å². The molecule has 0 saturated heterocycles. The molecule has 0 bridgehead atoms. The summed E-state index contributed by atoms with van der Waals surface area (Å²) in [6.07, 6.45) is 0. The number of benzene rings is 4. The maximum absolute atomic E-state index is 14.1. The minimum absolute atomic E-state index is 0.0684. The average molecular weight is 497 g/mol. The Morgan fingerprint density at radius 3 is 1.00 bits per heavy atom. The van der Waals surface area contributed by atoms with E-state index in [2.05, 4.69) is 0 Å². The number of alkyl halides is 3. The fraction of sp³-hybridized carbons (Fsp3) is 0.0400. The molecule has 35 heavy (non-hydrogen) atoms. The van der Waals surface area contributed by atoms with Crippen molar-refractivity contribution < 1.29 is 23.0 Å². The van der Waals surface area contributed by atoms with Crippen molar-refractivity contribution in [1.82, 2.24) is 0 Å². The monoisotopic (exact) mass is 497 g/mol. The van der Waals surface area contributed by atoms with Gasteiger partial charge in [0, 0.05) is 24.3 Å². The summed E-state index contributed by atoms with van der Waals surface area (Å²) in [6.45, 7) is 0. The van der Waals surface area contributed by atoms with Crippen LogP contribution in [-0.4, -0.2) is 15.4 Å². The van der Waals surface area contributed by atoms with Crippen molar-refractivity contribution in [3.05, 3.63) is 117 Å². The lowest BCUT2D eigenvalue weighted by Gasteiger charge is -2.11. The lowest BCUT2D eigenvalue weighted by Crippen LogP contribution is -2.24. The van der Waals surface area contributed by atoms with E-state index in [1.54, 1.807) is 48.5 Å². The Kier molecular flexibility index (Phi) is 6.57. The number of nitrogens with zero attached hydrogens (tertiary/aromatic N) is 2. The first kappa shape index (κ1) is 24.0. The van der Waals surface area contributed by atoms with Crippen molar-refractivity contribution in [1.29, 1.82) is 0 Å². The van der Waals surface area contributed by atoms with Gasteiger partial charge in [0.05, 0.1) is 9.85 Å². The van der Waals surface area contributed by atoms with Crippen LogP contribution in [0.25, 0.3) is 22.3 Å². The highest BCUT2D eigenvalue weighted by Crippen LogP contribution is 2.39. The Morgan fingerprint density at radius 2 is 0.771 bits per heavy atom. The van der Waals surface area contributed by atoms with Gasteiger partial charge in [0.2, 0.25) is 0 Å². The van der Waals surface area contributed by atoms with Crippen LogP contribution in [0.3, 0.4) is 0 Å². The molecular formula is C25H16F3N2O4S+. The number of rotatable bonds is 6. The van der Waals surface area contributed by atoms with Crippen molar-refractivity contribution in [2.24, 2.45) is 0 Å². The second-order valence-corrected chi connectivity index (χ2v) is 9.43. The van der Waals surface area contributed by atoms with Gasteiger partial charge in [0.15, 0.2) is 20.7 Å². The minimum atomic E-state index is -4.51. The van der Waals surface area contributed by atoms with Crippen molar-refractivity contribution >= 4 is 22.3 Å².